The number of hydrogen-bond acceptors (Lipinski definition) is 0. The van der Waals surface area contributed by atoms with Gasteiger partial charge in [0.25, 0.3) is 0 Å². The first kappa shape index (κ1) is 20.2. The zero-order valence-electron chi connectivity index (χ0n) is 17.0. The van der Waals surface area contributed by atoms with E-state index in [0.717, 1.165) is 30.2 Å². The van der Waals surface area contributed by atoms with Crippen LogP contribution >= 0.6 is 0 Å². The summed E-state index contributed by atoms with van der Waals surface area (Å²) in [5.41, 5.74) is 4.00. The molecule has 0 saturated heterocycles. The van der Waals surface area contributed by atoms with Gasteiger partial charge in [0, 0.05) is 10.9 Å². The number of aryl methyl sites for hydroxylation is 2. The Kier molecular flexibility index (Phi) is 7.26. The van der Waals surface area contributed by atoms with Gasteiger partial charge in [-0.1, -0.05) is 81.3 Å². The van der Waals surface area contributed by atoms with Gasteiger partial charge in [-0.2, -0.15) is 0 Å². The summed E-state index contributed by atoms with van der Waals surface area (Å²) in [7, 11) is 0. The quantitative estimate of drug-likeness (QED) is 0.298. The maximum Gasteiger partial charge on any atom is 0.146 e. The second-order valence-electron chi connectivity index (χ2n) is 7.49. The Bertz CT molecular complexity index is 971. The van der Waals surface area contributed by atoms with Crippen LogP contribution in [0.15, 0.2) is 54.6 Å². The lowest BCUT2D eigenvalue weighted by Gasteiger charge is -2.05. The molecule has 3 aromatic carbocycles. The molecule has 28 heavy (non-hydrogen) atoms. The highest BCUT2D eigenvalue weighted by atomic mass is 19.1. The smallest absolute Gasteiger partial charge is 0.146 e. The molecule has 3 rings (SSSR count). The van der Waals surface area contributed by atoms with Crippen LogP contribution in [0.1, 0.15) is 68.2 Å². The van der Waals surface area contributed by atoms with Crippen LogP contribution in [-0.4, -0.2) is 0 Å². The van der Waals surface area contributed by atoms with Crippen LogP contribution in [0, 0.1) is 17.7 Å². The van der Waals surface area contributed by atoms with Crippen molar-refractivity contribution >= 4 is 10.8 Å². The zero-order chi connectivity index (χ0) is 19.8. The maximum atomic E-state index is 14.9. The van der Waals surface area contributed by atoms with E-state index in [1.54, 1.807) is 6.07 Å². The summed E-state index contributed by atoms with van der Waals surface area (Å²) >= 11 is 0. The third-order valence-corrected chi connectivity index (χ3v) is 5.20. The molecule has 0 aliphatic heterocycles. The Hall–Kier alpha value is -2.59. The number of benzene rings is 3. The van der Waals surface area contributed by atoms with Crippen molar-refractivity contribution in [3.63, 3.8) is 0 Å². The molecule has 0 bridgehead atoms. The Morgan fingerprint density at radius 2 is 1.43 bits per heavy atom. The summed E-state index contributed by atoms with van der Waals surface area (Å²) in [6.07, 6.45) is 8.22. The van der Waals surface area contributed by atoms with Gasteiger partial charge in [0.1, 0.15) is 5.82 Å². The Morgan fingerprint density at radius 3 is 2.18 bits per heavy atom. The molecule has 144 valence electrons. The van der Waals surface area contributed by atoms with Crippen LogP contribution in [0.5, 0.6) is 0 Å². The number of rotatable bonds is 7. The van der Waals surface area contributed by atoms with Crippen molar-refractivity contribution in [3.05, 3.63) is 82.7 Å². The zero-order valence-corrected chi connectivity index (χ0v) is 17.0. The maximum absolute atomic E-state index is 14.9. The minimum absolute atomic E-state index is 0.219. The fourth-order valence-electron chi connectivity index (χ4n) is 3.45. The predicted molar refractivity (Wildman–Crippen MR) is 118 cm³/mol. The van der Waals surface area contributed by atoms with Gasteiger partial charge < -0.3 is 0 Å². The van der Waals surface area contributed by atoms with Crippen molar-refractivity contribution in [3.8, 4) is 11.8 Å². The second kappa shape index (κ2) is 10.1. The molecule has 0 fully saturated rings. The van der Waals surface area contributed by atoms with Crippen LogP contribution in [-0.2, 0) is 12.8 Å². The van der Waals surface area contributed by atoms with E-state index in [4.69, 9.17) is 0 Å². The molecule has 0 aliphatic carbocycles. The second-order valence-corrected chi connectivity index (χ2v) is 7.49. The number of hydrogen-bond donors (Lipinski definition) is 0. The highest BCUT2D eigenvalue weighted by Crippen LogP contribution is 2.23. The number of unbranched alkanes of at least 4 members (excludes halogenated alkanes) is 3. The average molecular weight is 373 g/mol. The summed E-state index contributed by atoms with van der Waals surface area (Å²) in [5, 5.41) is 1.60. The third kappa shape index (κ3) is 5.23. The number of fused-ring (bicyclic) bond motifs is 1. The van der Waals surface area contributed by atoms with Crippen molar-refractivity contribution in [2.45, 2.75) is 58.8 Å². The summed E-state index contributed by atoms with van der Waals surface area (Å²) < 4.78 is 14.9. The van der Waals surface area contributed by atoms with E-state index in [1.165, 1.54) is 36.8 Å². The van der Waals surface area contributed by atoms with Crippen molar-refractivity contribution in [1.82, 2.24) is 0 Å². The third-order valence-electron chi connectivity index (χ3n) is 5.20. The van der Waals surface area contributed by atoms with Crippen LogP contribution in [0.2, 0.25) is 0 Å². The van der Waals surface area contributed by atoms with Crippen LogP contribution < -0.4 is 0 Å². The molecule has 0 aliphatic rings. The van der Waals surface area contributed by atoms with Crippen molar-refractivity contribution in [2.75, 3.05) is 0 Å². The van der Waals surface area contributed by atoms with E-state index >= 15 is 0 Å². The van der Waals surface area contributed by atoms with Crippen molar-refractivity contribution in [1.29, 1.82) is 0 Å². The Morgan fingerprint density at radius 1 is 0.714 bits per heavy atom. The van der Waals surface area contributed by atoms with Gasteiger partial charge in [-0.3, -0.25) is 0 Å². The van der Waals surface area contributed by atoms with Crippen LogP contribution in [0.3, 0.4) is 0 Å². The fourth-order valence-corrected chi connectivity index (χ4v) is 3.45. The molecule has 0 N–H and O–H groups in total. The van der Waals surface area contributed by atoms with Gasteiger partial charge in [0.15, 0.2) is 0 Å². The lowest BCUT2D eigenvalue weighted by atomic mass is 10.0. The monoisotopic (exact) mass is 372 g/mol. The van der Waals surface area contributed by atoms with Crippen molar-refractivity contribution < 1.29 is 4.39 Å². The van der Waals surface area contributed by atoms with E-state index in [0.29, 0.717) is 10.9 Å². The SMILES string of the molecule is CCCCCc1ccc(C#Cc2ccc3cc(CCCC)ccc3c2F)cc1. The summed E-state index contributed by atoms with van der Waals surface area (Å²) in [6.45, 7) is 4.40. The first-order valence-corrected chi connectivity index (χ1v) is 10.5. The van der Waals surface area contributed by atoms with E-state index in [2.05, 4.69) is 43.9 Å². The van der Waals surface area contributed by atoms with E-state index < -0.39 is 0 Å². The molecule has 1 heteroatoms. The number of halogens is 1. The fraction of sp³-hybridized carbons (Fsp3) is 0.333. The van der Waals surface area contributed by atoms with E-state index in [1.807, 2.05) is 30.3 Å². The lowest BCUT2D eigenvalue weighted by molar-refractivity contribution is 0.636. The highest BCUT2D eigenvalue weighted by Gasteiger charge is 2.06. The first-order chi connectivity index (χ1) is 13.7. The normalized spacial score (nSPS) is 10.7. The largest absolute Gasteiger partial charge is 0.205 e. The topological polar surface area (TPSA) is 0 Å². The molecule has 0 aromatic heterocycles. The Labute approximate surface area is 168 Å². The molecular formula is C27H29F. The van der Waals surface area contributed by atoms with E-state index in [-0.39, 0.29) is 5.82 Å². The summed E-state index contributed by atoms with van der Waals surface area (Å²) in [4.78, 5) is 0. The van der Waals surface area contributed by atoms with Gasteiger partial charge in [-0.15, -0.1) is 0 Å². The molecule has 0 spiro atoms. The minimum Gasteiger partial charge on any atom is -0.205 e. The van der Waals surface area contributed by atoms with Gasteiger partial charge in [-0.25, -0.2) is 4.39 Å². The molecule has 0 saturated carbocycles. The Balaban J connectivity index is 1.76. The molecule has 0 atom stereocenters. The molecular weight excluding hydrogens is 343 g/mol. The van der Waals surface area contributed by atoms with E-state index in [9.17, 15) is 4.39 Å². The molecule has 0 nitrogen and oxygen atoms in total. The summed E-state index contributed by atoms with van der Waals surface area (Å²) in [5.74, 6) is 5.91. The average Bonchev–Trinajstić information content (AvgIpc) is 2.73. The molecule has 0 heterocycles. The minimum atomic E-state index is -0.219. The predicted octanol–water partition coefficient (Wildman–Crippen LogP) is 7.45. The van der Waals surface area contributed by atoms with Crippen LogP contribution in [0.4, 0.5) is 4.39 Å². The molecule has 3 aromatic rings. The molecule has 0 radical (unpaired) electrons. The van der Waals surface area contributed by atoms with Crippen molar-refractivity contribution in [2.24, 2.45) is 0 Å². The standard InChI is InChI=1S/C27H29F/c1-3-5-7-9-21-10-12-22(13-11-21)14-16-24-17-18-25-20-23(8-6-4-2)15-19-26(25)27(24)28/h10-13,15,17-20H,3-9H2,1-2H3. The summed E-state index contributed by atoms with van der Waals surface area (Å²) in [6, 6.07) is 18.1. The van der Waals surface area contributed by atoms with Gasteiger partial charge in [-0.05, 0) is 60.4 Å². The lowest BCUT2D eigenvalue weighted by Crippen LogP contribution is -1.90. The first-order valence-electron chi connectivity index (χ1n) is 10.5. The van der Waals surface area contributed by atoms with Crippen LogP contribution in [0.25, 0.3) is 10.8 Å². The van der Waals surface area contributed by atoms with Gasteiger partial charge in [0.2, 0.25) is 0 Å². The van der Waals surface area contributed by atoms with Gasteiger partial charge in [0.05, 0.1) is 5.56 Å². The molecule has 0 unspecified atom stereocenters. The van der Waals surface area contributed by atoms with Gasteiger partial charge >= 0.3 is 0 Å². The highest BCUT2D eigenvalue weighted by molar-refractivity contribution is 5.85. The molecule has 0 amide bonds.